The highest BCUT2D eigenvalue weighted by Crippen LogP contribution is 2.40. The summed E-state index contributed by atoms with van der Waals surface area (Å²) in [5.74, 6) is -0.251. The van der Waals surface area contributed by atoms with Crippen LogP contribution in [-0.4, -0.2) is 91.6 Å². The monoisotopic (exact) mass is 670 g/mol. The lowest BCUT2D eigenvalue weighted by molar-refractivity contribution is -0.409. The van der Waals surface area contributed by atoms with E-state index in [4.69, 9.17) is 26.1 Å². The first-order chi connectivity index (χ1) is 23.0. The van der Waals surface area contributed by atoms with Crippen LogP contribution in [-0.2, 0) is 4.74 Å². The molecule has 1 unspecified atom stereocenters. The zero-order valence-corrected chi connectivity index (χ0v) is 28.3. The number of pyridine rings is 1. The van der Waals surface area contributed by atoms with E-state index < -0.39 is 23.6 Å². The molecule has 0 radical (unpaired) electrons. The number of amides is 1. The highest BCUT2D eigenvalue weighted by Gasteiger charge is 2.45. The van der Waals surface area contributed by atoms with E-state index in [2.05, 4.69) is 20.9 Å². The average molecular weight is 671 g/mol. The molecule has 2 aromatic heterocycles. The van der Waals surface area contributed by atoms with E-state index in [1.165, 1.54) is 4.90 Å². The van der Waals surface area contributed by atoms with Crippen molar-refractivity contribution < 1.29 is 23.2 Å². The van der Waals surface area contributed by atoms with Crippen LogP contribution in [0.5, 0.6) is 6.01 Å². The molecule has 248 valence electrons. The molecule has 3 fully saturated rings. The van der Waals surface area contributed by atoms with Crippen molar-refractivity contribution in [1.82, 2.24) is 24.8 Å². The Labute approximate surface area is 283 Å². The van der Waals surface area contributed by atoms with Gasteiger partial charge in [0.05, 0.1) is 25.2 Å². The molecule has 4 aromatic rings. The van der Waals surface area contributed by atoms with Crippen molar-refractivity contribution in [1.29, 1.82) is 5.26 Å². The first-order valence-electron chi connectivity index (χ1n) is 16.4. The highest BCUT2D eigenvalue weighted by atomic mass is 35.5. The lowest BCUT2D eigenvalue weighted by Gasteiger charge is -2.30. The van der Waals surface area contributed by atoms with Crippen molar-refractivity contribution in [3.8, 4) is 23.3 Å². The molecular weight excluding hydrogens is 633 g/mol. The smallest absolute Gasteiger partial charge is 0.434 e. The Balaban J connectivity index is 1.35. The van der Waals surface area contributed by atoms with Crippen molar-refractivity contribution in [2.24, 2.45) is 0 Å². The summed E-state index contributed by atoms with van der Waals surface area (Å²) in [5, 5.41) is 12.4. The summed E-state index contributed by atoms with van der Waals surface area (Å²) < 4.78 is 30.5. The Bertz CT molecular complexity index is 2010. The first kappa shape index (κ1) is 32.2. The molecule has 1 atom stereocenters. The summed E-state index contributed by atoms with van der Waals surface area (Å²) >= 11 is 6.62. The van der Waals surface area contributed by atoms with Gasteiger partial charge in [-0.3, -0.25) is 14.8 Å². The third-order valence-corrected chi connectivity index (χ3v) is 10.1. The molecule has 0 N–H and O–H groups in total. The third kappa shape index (κ3) is 5.71. The number of rotatable bonds is 5. The van der Waals surface area contributed by atoms with Crippen LogP contribution in [0.2, 0.25) is 5.02 Å². The maximum atomic E-state index is 16.8. The molecule has 0 aliphatic carbocycles. The Kier molecular flexibility index (Phi) is 8.20. The molecule has 48 heavy (non-hydrogen) atoms. The standard InChI is InChI=1S/C36H38ClFN7O3/c1-35(2,3)48-34(46)45-20-24(17-23(45)18-39)43(4)32-26-19-40-30(25-11-5-9-22-10-6-12-27(37)28(22)25)29(38)31(26)41-33(42-32)47-21-36-13-7-15-44(36)16-8-14-36/h5-6,9-12,19,23H,7-8,13-17,20-21H2,1-4H3/q+1. The van der Waals surface area contributed by atoms with Crippen LogP contribution in [0.1, 0.15) is 52.9 Å². The second kappa shape index (κ2) is 12.2. The number of hydrogen-bond donors (Lipinski definition) is 0. The van der Waals surface area contributed by atoms with Gasteiger partial charge in [-0.1, -0.05) is 41.9 Å². The van der Waals surface area contributed by atoms with Gasteiger partial charge in [0.15, 0.2) is 5.82 Å². The van der Waals surface area contributed by atoms with E-state index in [1.54, 1.807) is 50.7 Å². The minimum atomic E-state index is -0.728. The minimum absolute atomic E-state index is 0.0579. The molecule has 2 aromatic carbocycles. The fourth-order valence-electron chi connectivity index (χ4n) is 7.41. The van der Waals surface area contributed by atoms with Crippen LogP contribution in [0, 0.1) is 17.1 Å². The van der Waals surface area contributed by atoms with Crippen LogP contribution in [0.25, 0.3) is 32.9 Å². The number of hydrogen-bond acceptors (Lipinski definition) is 8. The fraction of sp³-hybridized carbons (Fsp3) is 0.444. The highest BCUT2D eigenvalue weighted by molar-refractivity contribution is 6.36. The lowest BCUT2D eigenvalue weighted by Crippen LogP contribution is -2.43. The number of aromatic nitrogens is 3. The average Bonchev–Trinajstić information content (AvgIpc) is 3.77. The van der Waals surface area contributed by atoms with Crippen molar-refractivity contribution in [2.45, 2.75) is 70.1 Å². The van der Waals surface area contributed by atoms with Crippen molar-refractivity contribution >= 4 is 50.9 Å². The number of benzene rings is 2. The summed E-state index contributed by atoms with van der Waals surface area (Å²) in [4.78, 5) is 31.0. The van der Waals surface area contributed by atoms with E-state index in [1.807, 2.05) is 24.3 Å². The Morgan fingerprint density at radius 1 is 1.17 bits per heavy atom. The van der Waals surface area contributed by atoms with Gasteiger partial charge in [-0.05, 0) is 71.0 Å². The van der Waals surface area contributed by atoms with Crippen LogP contribution >= 0.6 is 11.6 Å². The van der Waals surface area contributed by atoms with Gasteiger partial charge in [0.1, 0.15) is 40.6 Å². The number of halogens is 2. The van der Waals surface area contributed by atoms with Gasteiger partial charge in [0, 0.05) is 33.6 Å². The number of carbonyl (C=O) groups excluding carboxylic acids is 1. The molecule has 3 aliphatic heterocycles. The molecule has 3 aliphatic rings. The SMILES string of the molecule is C[N+](=C1CC(C#N)N(C(=O)OC(C)(C)C)C1)c1nc(OCC23CCCN2CCC3)nc2c(F)c(-c3cccc4cccc(Cl)c34)ncc12. The van der Waals surface area contributed by atoms with E-state index >= 15 is 4.39 Å². The molecule has 0 bridgehead atoms. The van der Waals surface area contributed by atoms with Gasteiger partial charge in [0.25, 0.3) is 0 Å². The molecule has 0 saturated carbocycles. The van der Waals surface area contributed by atoms with Gasteiger partial charge in [0.2, 0.25) is 0 Å². The maximum Gasteiger partial charge on any atom is 0.434 e. The molecule has 12 heteroatoms. The fourth-order valence-corrected chi connectivity index (χ4v) is 7.69. The summed E-state index contributed by atoms with van der Waals surface area (Å²) in [5.41, 5.74) is 0.673. The number of fused-ring (bicyclic) bond motifs is 3. The second-order valence-electron chi connectivity index (χ2n) is 13.9. The quantitative estimate of drug-likeness (QED) is 0.211. The minimum Gasteiger partial charge on any atom is -0.444 e. The molecule has 7 rings (SSSR count). The van der Waals surface area contributed by atoms with Gasteiger partial charge in [-0.25, -0.2) is 13.8 Å². The zero-order valence-electron chi connectivity index (χ0n) is 27.6. The first-order valence-corrected chi connectivity index (χ1v) is 16.8. The normalized spacial score (nSPS) is 20.3. The van der Waals surface area contributed by atoms with Crippen LogP contribution in [0.4, 0.5) is 15.0 Å². The Morgan fingerprint density at radius 2 is 1.90 bits per heavy atom. The number of nitrogens with zero attached hydrogens (tertiary/aromatic N) is 7. The summed E-state index contributed by atoms with van der Waals surface area (Å²) in [7, 11) is 1.79. The van der Waals surface area contributed by atoms with E-state index in [-0.39, 0.29) is 35.7 Å². The van der Waals surface area contributed by atoms with Gasteiger partial charge in [-0.2, -0.15) is 10.2 Å². The third-order valence-electron chi connectivity index (χ3n) is 9.76. The Morgan fingerprint density at radius 3 is 2.60 bits per heavy atom. The number of ether oxygens (including phenoxy) is 2. The van der Waals surface area contributed by atoms with Crippen LogP contribution in [0.15, 0.2) is 42.6 Å². The summed E-state index contributed by atoms with van der Waals surface area (Å²) in [6.45, 7) is 7.98. The second-order valence-corrected chi connectivity index (χ2v) is 14.4. The van der Waals surface area contributed by atoms with Crippen LogP contribution in [0.3, 0.4) is 0 Å². The van der Waals surface area contributed by atoms with Crippen molar-refractivity contribution in [3.05, 3.63) is 53.4 Å². The predicted octanol–water partition coefficient (Wildman–Crippen LogP) is 6.89. The number of likely N-dealkylation sites (tertiary alicyclic amines) is 1. The molecule has 3 saturated heterocycles. The van der Waals surface area contributed by atoms with Crippen molar-refractivity contribution in [3.63, 3.8) is 0 Å². The van der Waals surface area contributed by atoms with E-state index in [0.717, 1.165) is 49.9 Å². The molecule has 0 spiro atoms. The lowest BCUT2D eigenvalue weighted by atomic mass is 9.95. The van der Waals surface area contributed by atoms with Gasteiger partial charge < -0.3 is 9.47 Å². The predicted molar refractivity (Wildman–Crippen MR) is 181 cm³/mol. The summed E-state index contributed by atoms with van der Waals surface area (Å²) in [6.07, 6.45) is 5.55. The summed E-state index contributed by atoms with van der Waals surface area (Å²) in [6, 6.07) is 12.7. The maximum absolute atomic E-state index is 16.8. The topological polar surface area (TPSA) is 107 Å². The Hall–Kier alpha value is -4.40. The van der Waals surface area contributed by atoms with E-state index in [9.17, 15) is 10.1 Å². The number of nitriles is 1. The molecule has 5 heterocycles. The molecule has 10 nitrogen and oxygen atoms in total. The molecular formula is C36H38ClFN7O3+. The van der Waals surface area contributed by atoms with Gasteiger partial charge >= 0.3 is 17.9 Å². The van der Waals surface area contributed by atoms with Gasteiger partial charge in [-0.15, -0.1) is 0 Å². The van der Waals surface area contributed by atoms with E-state index in [0.29, 0.717) is 33.8 Å². The molecule has 1 amide bonds. The zero-order chi connectivity index (χ0) is 33.8. The number of carbonyl (C=O) groups is 1. The van der Waals surface area contributed by atoms with Crippen molar-refractivity contribution in [2.75, 3.05) is 33.3 Å². The largest absolute Gasteiger partial charge is 0.444 e. The van der Waals surface area contributed by atoms with Crippen LogP contribution < -0.4 is 4.74 Å².